The Morgan fingerprint density at radius 2 is 1.85 bits per heavy atom. The highest BCUT2D eigenvalue weighted by Gasteiger charge is 2.45. The quantitative estimate of drug-likeness (QED) is 0.683. The standard InChI is InChI=1S/C23H32F2N2/c1-15-11-20-16(12-21(15)27-10-8-23(24,25)14-27)13-22-19-6-4-3-5-17(20)18(19)7-9-26(22)2/h11-12,17-19,22H,3-10,13-14H2,1-2H3/t17?,18?,19-,22-/m0/s1. The molecule has 2 aliphatic heterocycles. The predicted molar refractivity (Wildman–Crippen MR) is 106 cm³/mol. The Bertz CT molecular complexity index is 731. The lowest BCUT2D eigenvalue weighted by molar-refractivity contribution is 0.0257. The fraction of sp³-hybridized carbons (Fsp3) is 0.739. The molecule has 0 spiro atoms. The molecule has 4 aliphatic rings. The van der Waals surface area contributed by atoms with Crippen LogP contribution in [-0.4, -0.2) is 43.5 Å². The number of aryl methyl sites for hydroxylation is 1. The van der Waals surface area contributed by atoms with E-state index in [0.717, 1.165) is 23.9 Å². The summed E-state index contributed by atoms with van der Waals surface area (Å²) in [6.07, 6.45) is 7.80. The van der Waals surface area contributed by atoms with E-state index in [2.05, 4.69) is 31.0 Å². The lowest BCUT2D eigenvalue weighted by Crippen LogP contribution is -2.47. The van der Waals surface area contributed by atoms with Gasteiger partial charge < -0.3 is 9.80 Å². The molecule has 0 N–H and O–H groups in total. The van der Waals surface area contributed by atoms with E-state index < -0.39 is 5.92 Å². The molecule has 4 bridgehead atoms. The topological polar surface area (TPSA) is 6.48 Å². The summed E-state index contributed by atoms with van der Waals surface area (Å²) in [7, 11) is 2.29. The summed E-state index contributed by atoms with van der Waals surface area (Å²) in [6, 6.07) is 5.31. The van der Waals surface area contributed by atoms with E-state index in [1.165, 1.54) is 49.8 Å². The first kappa shape index (κ1) is 17.9. The van der Waals surface area contributed by atoms with Crippen molar-refractivity contribution in [2.24, 2.45) is 11.8 Å². The lowest BCUT2D eigenvalue weighted by Gasteiger charge is -2.44. The number of alkyl halides is 2. The second-order valence-electron chi connectivity index (χ2n) is 9.62. The second kappa shape index (κ2) is 6.43. The largest absolute Gasteiger partial charge is 0.365 e. The molecule has 1 saturated carbocycles. The Morgan fingerprint density at radius 1 is 1.04 bits per heavy atom. The van der Waals surface area contributed by atoms with Gasteiger partial charge in [-0.2, -0.15) is 0 Å². The first-order chi connectivity index (χ1) is 12.9. The van der Waals surface area contributed by atoms with E-state index in [9.17, 15) is 8.78 Å². The molecule has 148 valence electrons. The average Bonchev–Trinajstić information content (AvgIpc) is 2.82. The molecular formula is C23H32F2N2. The molecule has 2 nitrogen and oxygen atoms in total. The van der Waals surface area contributed by atoms with Gasteiger partial charge in [-0.25, -0.2) is 8.78 Å². The summed E-state index contributed by atoms with van der Waals surface area (Å²) >= 11 is 0. The number of halogens is 2. The summed E-state index contributed by atoms with van der Waals surface area (Å²) in [5.41, 5.74) is 5.25. The molecule has 4 atom stereocenters. The van der Waals surface area contributed by atoms with Crippen LogP contribution in [0.1, 0.15) is 61.1 Å². The number of hydrogen-bond acceptors (Lipinski definition) is 2. The number of anilines is 1. The van der Waals surface area contributed by atoms with Gasteiger partial charge in [0.2, 0.25) is 0 Å². The van der Waals surface area contributed by atoms with Gasteiger partial charge in [-0.1, -0.05) is 18.9 Å². The number of fused-ring (bicyclic) bond motifs is 2. The summed E-state index contributed by atoms with van der Waals surface area (Å²) < 4.78 is 27.6. The van der Waals surface area contributed by atoms with Crippen molar-refractivity contribution < 1.29 is 8.78 Å². The van der Waals surface area contributed by atoms with Crippen LogP contribution in [0.3, 0.4) is 0 Å². The molecule has 2 unspecified atom stereocenters. The van der Waals surface area contributed by atoms with Crippen molar-refractivity contribution in [2.45, 2.75) is 69.8 Å². The van der Waals surface area contributed by atoms with E-state index in [0.29, 0.717) is 18.5 Å². The van der Waals surface area contributed by atoms with Crippen molar-refractivity contribution in [3.8, 4) is 0 Å². The molecule has 4 heteroatoms. The van der Waals surface area contributed by atoms with Gasteiger partial charge in [0.05, 0.1) is 6.54 Å². The Morgan fingerprint density at radius 3 is 2.63 bits per heavy atom. The maximum atomic E-state index is 13.8. The minimum Gasteiger partial charge on any atom is -0.365 e. The molecule has 1 aromatic rings. The van der Waals surface area contributed by atoms with E-state index in [4.69, 9.17) is 0 Å². The van der Waals surface area contributed by atoms with E-state index in [1.807, 2.05) is 4.90 Å². The highest BCUT2D eigenvalue weighted by molar-refractivity contribution is 5.59. The zero-order chi connectivity index (χ0) is 18.8. The fourth-order valence-corrected chi connectivity index (χ4v) is 6.69. The van der Waals surface area contributed by atoms with Gasteiger partial charge >= 0.3 is 0 Å². The summed E-state index contributed by atoms with van der Waals surface area (Å²) in [6.45, 7) is 3.69. The highest BCUT2D eigenvalue weighted by Crippen LogP contribution is 2.51. The van der Waals surface area contributed by atoms with E-state index >= 15 is 0 Å². The van der Waals surface area contributed by atoms with Crippen LogP contribution < -0.4 is 4.90 Å². The van der Waals surface area contributed by atoms with Crippen molar-refractivity contribution in [3.63, 3.8) is 0 Å². The smallest absolute Gasteiger partial charge is 0.266 e. The Balaban J connectivity index is 1.57. The van der Waals surface area contributed by atoms with Gasteiger partial charge in [0.25, 0.3) is 5.92 Å². The van der Waals surface area contributed by atoms with Crippen LogP contribution in [0.2, 0.25) is 0 Å². The molecule has 27 heavy (non-hydrogen) atoms. The van der Waals surface area contributed by atoms with Gasteiger partial charge in [0.15, 0.2) is 0 Å². The number of hydrogen-bond donors (Lipinski definition) is 0. The molecule has 2 heterocycles. The SMILES string of the molecule is Cc1cc2c(cc1N1CCC(F)(F)C1)C[C@H]1[C@H]3CCCCC2C3CCN1C. The van der Waals surface area contributed by atoms with Gasteiger partial charge in [-0.3, -0.25) is 0 Å². The molecule has 0 amide bonds. The Hall–Kier alpha value is -1.16. The van der Waals surface area contributed by atoms with Crippen LogP contribution in [0.25, 0.3) is 0 Å². The summed E-state index contributed by atoms with van der Waals surface area (Å²) in [4.78, 5) is 4.51. The van der Waals surface area contributed by atoms with Crippen molar-refractivity contribution in [1.29, 1.82) is 0 Å². The van der Waals surface area contributed by atoms with Crippen LogP contribution in [0, 0.1) is 18.8 Å². The minimum atomic E-state index is -2.54. The molecule has 0 aromatic heterocycles. The summed E-state index contributed by atoms with van der Waals surface area (Å²) in [5, 5.41) is 0. The molecule has 2 saturated heterocycles. The zero-order valence-corrected chi connectivity index (χ0v) is 16.7. The monoisotopic (exact) mass is 374 g/mol. The fourth-order valence-electron chi connectivity index (χ4n) is 6.69. The van der Waals surface area contributed by atoms with Crippen molar-refractivity contribution >= 4 is 5.69 Å². The maximum absolute atomic E-state index is 13.8. The third kappa shape index (κ3) is 2.99. The zero-order valence-electron chi connectivity index (χ0n) is 16.7. The van der Waals surface area contributed by atoms with Gasteiger partial charge in [0.1, 0.15) is 0 Å². The number of rotatable bonds is 1. The number of benzene rings is 1. The minimum absolute atomic E-state index is 0.0122. The molecule has 5 rings (SSSR count). The molecule has 2 aliphatic carbocycles. The number of piperidine rings is 1. The lowest BCUT2D eigenvalue weighted by atomic mass is 9.72. The third-order valence-corrected chi connectivity index (χ3v) is 8.04. The molecule has 0 radical (unpaired) electrons. The van der Waals surface area contributed by atoms with Crippen LogP contribution in [0.5, 0.6) is 0 Å². The maximum Gasteiger partial charge on any atom is 0.266 e. The van der Waals surface area contributed by atoms with Crippen molar-refractivity contribution in [2.75, 3.05) is 31.6 Å². The van der Waals surface area contributed by atoms with Gasteiger partial charge in [0, 0.05) is 24.7 Å². The van der Waals surface area contributed by atoms with Crippen LogP contribution in [0.15, 0.2) is 12.1 Å². The van der Waals surface area contributed by atoms with Crippen LogP contribution >= 0.6 is 0 Å². The molecule has 3 fully saturated rings. The van der Waals surface area contributed by atoms with E-state index in [1.54, 1.807) is 5.56 Å². The van der Waals surface area contributed by atoms with Crippen molar-refractivity contribution in [1.82, 2.24) is 4.90 Å². The van der Waals surface area contributed by atoms with Gasteiger partial charge in [-0.15, -0.1) is 0 Å². The first-order valence-electron chi connectivity index (χ1n) is 10.9. The molecule has 1 aromatic carbocycles. The molecular weight excluding hydrogens is 342 g/mol. The highest BCUT2D eigenvalue weighted by atomic mass is 19.3. The predicted octanol–water partition coefficient (Wildman–Crippen LogP) is 4.99. The van der Waals surface area contributed by atoms with E-state index in [-0.39, 0.29) is 13.0 Å². The number of likely N-dealkylation sites (N-methyl/N-ethyl adjacent to an activating group) is 1. The van der Waals surface area contributed by atoms with Crippen LogP contribution in [0.4, 0.5) is 14.5 Å². The van der Waals surface area contributed by atoms with Crippen molar-refractivity contribution in [3.05, 3.63) is 28.8 Å². The van der Waals surface area contributed by atoms with Gasteiger partial charge in [-0.05, 0) is 86.7 Å². The average molecular weight is 375 g/mol. The number of nitrogens with zero attached hydrogens (tertiary/aromatic N) is 2. The first-order valence-corrected chi connectivity index (χ1v) is 10.9. The number of likely N-dealkylation sites (tertiary alicyclic amines) is 1. The Kier molecular flexibility index (Phi) is 4.27. The normalized spacial score (nSPS) is 35.5. The second-order valence-corrected chi connectivity index (χ2v) is 9.62. The Labute approximate surface area is 161 Å². The third-order valence-electron chi connectivity index (χ3n) is 8.04. The van der Waals surface area contributed by atoms with Crippen LogP contribution in [-0.2, 0) is 6.42 Å². The summed E-state index contributed by atoms with van der Waals surface area (Å²) in [5.74, 6) is -0.233.